The molecule has 1 fully saturated rings. The minimum absolute atomic E-state index is 0.280. The molecule has 0 aliphatic carbocycles. The van der Waals surface area contributed by atoms with Crippen LogP contribution in [-0.2, 0) is 4.79 Å². The van der Waals surface area contributed by atoms with Gasteiger partial charge < -0.3 is 10.6 Å². The second kappa shape index (κ2) is 6.49. The number of benzene rings is 1. The fraction of sp³-hybridized carbons (Fsp3) is 0.467. The molecule has 2 N–H and O–H groups in total. The molecule has 1 aliphatic rings. The van der Waals surface area contributed by atoms with Crippen LogP contribution in [0.5, 0.6) is 0 Å². The number of piperidine rings is 1. The van der Waals surface area contributed by atoms with Gasteiger partial charge in [0.2, 0.25) is 5.91 Å². The van der Waals surface area contributed by atoms with Crippen LogP contribution in [0, 0.1) is 17.1 Å². The lowest BCUT2D eigenvalue weighted by Gasteiger charge is -2.32. The molecule has 5 heteroatoms. The van der Waals surface area contributed by atoms with Gasteiger partial charge in [0.25, 0.3) is 0 Å². The Labute approximate surface area is 118 Å². The Morgan fingerprint density at radius 2 is 2.15 bits per heavy atom. The predicted molar refractivity (Wildman–Crippen MR) is 73.3 cm³/mol. The third kappa shape index (κ3) is 3.55. The highest BCUT2D eigenvalue weighted by Gasteiger charge is 2.22. The summed E-state index contributed by atoms with van der Waals surface area (Å²) in [5.41, 5.74) is 6.51. The highest BCUT2D eigenvalue weighted by molar-refractivity contribution is 5.73. The lowest BCUT2D eigenvalue weighted by atomic mass is 9.86. The monoisotopic (exact) mass is 275 g/mol. The van der Waals surface area contributed by atoms with Gasteiger partial charge in [-0.15, -0.1) is 0 Å². The zero-order valence-electron chi connectivity index (χ0n) is 11.3. The van der Waals surface area contributed by atoms with Gasteiger partial charge in [0, 0.05) is 13.0 Å². The summed E-state index contributed by atoms with van der Waals surface area (Å²) in [5.74, 6) is -0.364. The largest absolute Gasteiger partial charge is 0.370 e. The summed E-state index contributed by atoms with van der Waals surface area (Å²) in [6.45, 7) is 2.44. The van der Waals surface area contributed by atoms with Crippen molar-refractivity contribution < 1.29 is 9.18 Å². The van der Waals surface area contributed by atoms with Crippen LogP contribution in [0.25, 0.3) is 0 Å². The van der Waals surface area contributed by atoms with Crippen LogP contribution in [0.1, 0.15) is 36.3 Å². The van der Waals surface area contributed by atoms with Gasteiger partial charge in [-0.25, -0.2) is 4.39 Å². The predicted octanol–water partition coefficient (Wildman–Crippen LogP) is 1.75. The third-order valence-corrected chi connectivity index (χ3v) is 3.84. The first kappa shape index (κ1) is 14.5. The Morgan fingerprint density at radius 1 is 1.45 bits per heavy atom. The summed E-state index contributed by atoms with van der Waals surface area (Å²) in [6, 6.07) is 6.50. The number of hydrogen-bond donors (Lipinski definition) is 1. The van der Waals surface area contributed by atoms with Gasteiger partial charge in [-0.2, -0.15) is 5.26 Å². The highest BCUT2D eigenvalue weighted by Crippen LogP contribution is 2.30. The number of nitrogens with two attached hydrogens (primary N) is 1. The Balaban J connectivity index is 1.97. The van der Waals surface area contributed by atoms with Gasteiger partial charge in [0.1, 0.15) is 5.82 Å². The summed E-state index contributed by atoms with van der Waals surface area (Å²) in [4.78, 5) is 13.0. The van der Waals surface area contributed by atoms with Crippen molar-refractivity contribution >= 4 is 5.91 Å². The molecule has 20 heavy (non-hydrogen) atoms. The molecular weight excluding hydrogens is 257 g/mol. The average Bonchev–Trinajstić information content (AvgIpc) is 2.45. The molecule has 1 heterocycles. The van der Waals surface area contributed by atoms with Crippen LogP contribution in [0.3, 0.4) is 0 Å². The van der Waals surface area contributed by atoms with E-state index in [-0.39, 0.29) is 17.6 Å². The van der Waals surface area contributed by atoms with E-state index in [1.165, 1.54) is 12.1 Å². The van der Waals surface area contributed by atoms with Crippen LogP contribution < -0.4 is 5.73 Å². The number of rotatable bonds is 4. The van der Waals surface area contributed by atoms with Crippen LogP contribution in [0.4, 0.5) is 4.39 Å². The zero-order valence-corrected chi connectivity index (χ0v) is 11.3. The number of likely N-dealkylation sites (tertiary alicyclic amines) is 1. The molecule has 0 bridgehead atoms. The molecule has 0 spiro atoms. The molecule has 106 valence electrons. The van der Waals surface area contributed by atoms with Crippen molar-refractivity contribution in [3.05, 3.63) is 35.1 Å². The minimum Gasteiger partial charge on any atom is -0.370 e. The SMILES string of the molecule is N#Cc1cc(F)ccc1C1CCN(CCC(N)=O)CC1. The summed E-state index contributed by atoms with van der Waals surface area (Å²) >= 11 is 0. The number of halogens is 1. The fourth-order valence-electron chi connectivity index (χ4n) is 2.72. The third-order valence-electron chi connectivity index (χ3n) is 3.84. The molecule has 0 atom stereocenters. The molecule has 1 amide bonds. The van der Waals surface area contributed by atoms with Crippen LogP contribution >= 0.6 is 0 Å². The lowest BCUT2D eigenvalue weighted by Crippen LogP contribution is -2.35. The van der Waals surface area contributed by atoms with Gasteiger partial charge in [-0.1, -0.05) is 6.07 Å². The molecule has 1 aromatic carbocycles. The summed E-state index contributed by atoms with van der Waals surface area (Å²) in [7, 11) is 0. The number of nitrogens with zero attached hydrogens (tertiary/aromatic N) is 2. The quantitative estimate of drug-likeness (QED) is 0.910. The van der Waals surface area contributed by atoms with Gasteiger partial charge in [0.05, 0.1) is 11.6 Å². The normalized spacial score (nSPS) is 16.8. The fourth-order valence-corrected chi connectivity index (χ4v) is 2.72. The number of carbonyl (C=O) groups excluding carboxylic acids is 1. The van der Waals surface area contributed by atoms with Gasteiger partial charge >= 0.3 is 0 Å². The van der Waals surface area contributed by atoms with E-state index in [1.807, 2.05) is 0 Å². The van der Waals surface area contributed by atoms with Gasteiger partial charge in [-0.3, -0.25) is 4.79 Å². The standard InChI is InChI=1S/C15H18FN3O/c16-13-1-2-14(12(9-13)10-17)11-3-6-19(7-4-11)8-5-15(18)20/h1-2,9,11H,3-8H2,(H2,18,20). The number of amides is 1. The first-order valence-electron chi connectivity index (χ1n) is 6.80. The molecule has 0 unspecified atom stereocenters. The Hall–Kier alpha value is -1.93. The van der Waals surface area contributed by atoms with Crippen molar-refractivity contribution in [1.29, 1.82) is 5.26 Å². The summed E-state index contributed by atoms with van der Waals surface area (Å²) < 4.78 is 13.1. The van der Waals surface area contributed by atoms with Crippen LogP contribution in [-0.4, -0.2) is 30.4 Å². The molecule has 2 rings (SSSR count). The van der Waals surface area contributed by atoms with Crippen molar-refractivity contribution in [3.63, 3.8) is 0 Å². The van der Waals surface area contributed by atoms with E-state index in [0.717, 1.165) is 31.5 Å². The maximum atomic E-state index is 13.1. The van der Waals surface area contributed by atoms with Crippen molar-refractivity contribution in [2.75, 3.05) is 19.6 Å². The molecule has 0 radical (unpaired) electrons. The van der Waals surface area contributed by atoms with Crippen molar-refractivity contribution in [3.8, 4) is 6.07 Å². The molecule has 1 aliphatic heterocycles. The summed E-state index contributed by atoms with van der Waals surface area (Å²) in [6.07, 6.45) is 2.21. The number of primary amides is 1. The topological polar surface area (TPSA) is 70.1 Å². The number of hydrogen-bond acceptors (Lipinski definition) is 3. The lowest BCUT2D eigenvalue weighted by molar-refractivity contribution is -0.118. The Bertz CT molecular complexity index is 530. The van der Waals surface area contributed by atoms with E-state index in [4.69, 9.17) is 11.0 Å². The van der Waals surface area contributed by atoms with Crippen LogP contribution in [0.2, 0.25) is 0 Å². The smallest absolute Gasteiger partial charge is 0.218 e. The number of carbonyl (C=O) groups is 1. The van der Waals surface area contributed by atoms with Crippen molar-refractivity contribution in [2.24, 2.45) is 5.73 Å². The molecule has 0 aromatic heterocycles. The van der Waals surface area contributed by atoms with E-state index < -0.39 is 0 Å². The first-order chi connectivity index (χ1) is 9.60. The van der Waals surface area contributed by atoms with Crippen LogP contribution in [0.15, 0.2) is 18.2 Å². The van der Waals surface area contributed by atoms with E-state index in [1.54, 1.807) is 6.07 Å². The summed E-state index contributed by atoms with van der Waals surface area (Å²) in [5, 5.41) is 9.09. The average molecular weight is 275 g/mol. The number of nitriles is 1. The van der Waals surface area contributed by atoms with Crippen molar-refractivity contribution in [2.45, 2.75) is 25.2 Å². The molecular formula is C15H18FN3O. The maximum absolute atomic E-state index is 13.1. The van der Waals surface area contributed by atoms with E-state index in [9.17, 15) is 9.18 Å². The zero-order chi connectivity index (χ0) is 14.5. The first-order valence-corrected chi connectivity index (χ1v) is 6.80. The molecule has 1 aromatic rings. The van der Waals surface area contributed by atoms with E-state index >= 15 is 0 Å². The molecule has 1 saturated heterocycles. The second-order valence-corrected chi connectivity index (χ2v) is 5.18. The van der Waals surface area contributed by atoms with Gasteiger partial charge in [0.15, 0.2) is 0 Å². The Kier molecular flexibility index (Phi) is 4.70. The highest BCUT2D eigenvalue weighted by atomic mass is 19.1. The maximum Gasteiger partial charge on any atom is 0.218 e. The Morgan fingerprint density at radius 3 is 2.75 bits per heavy atom. The van der Waals surface area contributed by atoms with Crippen molar-refractivity contribution in [1.82, 2.24) is 4.90 Å². The van der Waals surface area contributed by atoms with E-state index in [0.29, 0.717) is 18.5 Å². The van der Waals surface area contributed by atoms with Gasteiger partial charge in [-0.05, 0) is 49.5 Å². The minimum atomic E-state index is -0.371. The second-order valence-electron chi connectivity index (χ2n) is 5.18. The molecule has 4 nitrogen and oxygen atoms in total. The molecule has 0 saturated carbocycles. The van der Waals surface area contributed by atoms with E-state index in [2.05, 4.69) is 11.0 Å².